The van der Waals surface area contributed by atoms with Gasteiger partial charge in [-0.3, -0.25) is 4.79 Å². The van der Waals surface area contributed by atoms with Gasteiger partial charge in [-0.05, 0) is 29.8 Å². The molecule has 1 unspecified atom stereocenters. The second-order valence-corrected chi connectivity index (χ2v) is 6.38. The summed E-state index contributed by atoms with van der Waals surface area (Å²) in [5.41, 5.74) is 1.04. The third-order valence-corrected chi connectivity index (χ3v) is 4.38. The molecule has 1 amide bonds. The Morgan fingerprint density at radius 2 is 2.14 bits per heavy atom. The van der Waals surface area contributed by atoms with Gasteiger partial charge in [-0.2, -0.15) is 0 Å². The normalized spacial score (nSPS) is 22.5. The van der Waals surface area contributed by atoms with Gasteiger partial charge < -0.3 is 10.1 Å². The maximum atomic E-state index is 11.6. The molecule has 8 heteroatoms. The van der Waals surface area contributed by atoms with Gasteiger partial charge in [0.2, 0.25) is 0 Å². The Kier molecular flexibility index (Phi) is 3.95. The van der Waals surface area contributed by atoms with Crippen LogP contribution in [0.1, 0.15) is 18.1 Å². The summed E-state index contributed by atoms with van der Waals surface area (Å²) < 4.78 is 6.23. The molecule has 2 N–H and O–H groups in total. The maximum absolute atomic E-state index is 11.6. The monoisotopic (exact) mass is 335 g/mol. The molecule has 1 aromatic rings. The van der Waals surface area contributed by atoms with Gasteiger partial charge in [0.25, 0.3) is 10.8 Å². The lowest BCUT2D eigenvalue weighted by Crippen LogP contribution is -2.17. The number of hydrogen-bond acceptors (Lipinski definition) is 5. The highest BCUT2D eigenvalue weighted by molar-refractivity contribution is 8.26. The van der Waals surface area contributed by atoms with Crippen LogP contribution in [0.4, 0.5) is 5.69 Å². The highest BCUT2D eigenvalue weighted by Gasteiger charge is 2.25. The van der Waals surface area contributed by atoms with Crippen LogP contribution in [-0.2, 0) is 9.53 Å². The van der Waals surface area contributed by atoms with E-state index < -0.39 is 0 Å². The number of rotatable bonds is 3. The average Bonchev–Trinajstić information content (AvgIpc) is 3.06. The van der Waals surface area contributed by atoms with Crippen LogP contribution in [-0.4, -0.2) is 20.4 Å². The lowest BCUT2D eigenvalue weighted by molar-refractivity contribution is -0.729. The molecular formula is C14H11N2O4S2+. The van der Waals surface area contributed by atoms with E-state index >= 15 is 0 Å². The Morgan fingerprint density at radius 1 is 1.41 bits per heavy atom. The smallest absolute Gasteiger partial charge is 0.316 e. The predicted octanol–water partition coefficient (Wildman–Crippen LogP) is 2.86. The van der Waals surface area contributed by atoms with Crippen molar-refractivity contribution in [3.63, 3.8) is 0 Å². The van der Waals surface area contributed by atoms with Crippen LogP contribution in [0.15, 0.2) is 47.1 Å². The van der Waals surface area contributed by atoms with Crippen LogP contribution < -0.4 is 5.32 Å². The van der Waals surface area contributed by atoms with Gasteiger partial charge in [-0.15, -0.1) is 0 Å². The highest BCUT2D eigenvalue weighted by atomic mass is 32.2. The lowest BCUT2D eigenvalue weighted by atomic mass is 10.1. The molecule has 0 bridgehead atoms. The third-order valence-electron chi connectivity index (χ3n) is 3.21. The molecule has 2 aliphatic heterocycles. The number of hydrogen-bond donors (Lipinski definition) is 2. The van der Waals surface area contributed by atoms with E-state index in [-0.39, 0.29) is 22.6 Å². The van der Waals surface area contributed by atoms with Crippen LogP contribution in [0, 0.1) is 4.91 Å². The molecule has 3 rings (SSSR count). The second-order valence-electron chi connectivity index (χ2n) is 4.67. The van der Waals surface area contributed by atoms with Crippen LogP contribution in [0.2, 0.25) is 0 Å². The van der Waals surface area contributed by atoms with Crippen molar-refractivity contribution in [2.75, 3.05) is 0 Å². The quantitative estimate of drug-likeness (QED) is 0.502. The SMILES string of the molecule is O=C1NC(=S)S/C1=C/C1=CCC(c2ccc([N+](=O)O)cc2)O1. The van der Waals surface area contributed by atoms with Crippen LogP contribution in [0.25, 0.3) is 0 Å². The average molecular weight is 335 g/mol. The van der Waals surface area contributed by atoms with Crippen molar-refractivity contribution in [2.45, 2.75) is 12.5 Å². The largest absolute Gasteiger partial charge is 0.486 e. The molecule has 1 fully saturated rings. The Bertz CT molecular complexity index is 725. The van der Waals surface area contributed by atoms with Crippen molar-refractivity contribution in [1.82, 2.24) is 5.32 Å². The highest BCUT2D eigenvalue weighted by Crippen LogP contribution is 2.34. The van der Waals surface area contributed by atoms with Crippen molar-refractivity contribution >= 4 is 39.9 Å². The summed E-state index contributed by atoms with van der Waals surface area (Å²) >= 11 is 6.13. The van der Waals surface area contributed by atoms with Gasteiger partial charge in [0.15, 0.2) is 0 Å². The number of carbonyl (C=O) groups excluding carboxylic acids is 1. The molecule has 1 saturated heterocycles. The molecule has 0 radical (unpaired) electrons. The Labute approximate surface area is 135 Å². The number of nitrogens with zero attached hydrogens (tertiary/aromatic N) is 1. The summed E-state index contributed by atoms with van der Waals surface area (Å²) in [7, 11) is 0. The van der Waals surface area contributed by atoms with E-state index in [1.54, 1.807) is 18.2 Å². The van der Waals surface area contributed by atoms with Crippen molar-refractivity contribution in [1.29, 1.82) is 0 Å². The zero-order valence-corrected chi connectivity index (χ0v) is 12.8. The molecular weight excluding hydrogens is 324 g/mol. The summed E-state index contributed by atoms with van der Waals surface area (Å²) in [5, 5.41) is 11.4. The summed E-state index contributed by atoms with van der Waals surface area (Å²) in [6.07, 6.45) is 4.05. The van der Waals surface area contributed by atoms with E-state index in [9.17, 15) is 9.70 Å². The first-order valence-electron chi connectivity index (χ1n) is 6.41. The number of ether oxygens (including phenoxy) is 1. The summed E-state index contributed by atoms with van der Waals surface area (Å²) in [6, 6.07) is 6.47. The number of amides is 1. The molecule has 0 aliphatic carbocycles. The van der Waals surface area contributed by atoms with E-state index in [2.05, 4.69) is 5.32 Å². The van der Waals surface area contributed by atoms with Gasteiger partial charge in [-0.1, -0.05) is 24.0 Å². The van der Waals surface area contributed by atoms with Gasteiger partial charge in [-0.25, -0.2) is 5.21 Å². The minimum atomic E-state index is -0.217. The van der Waals surface area contributed by atoms with Crippen LogP contribution >= 0.6 is 24.0 Å². The van der Waals surface area contributed by atoms with Gasteiger partial charge in [0, 0.05) is 18.6 Å². The third kappa shape index (κ3) is 3.02. The standard InChI is InChI=1S/C14H10N2O4S2/c17-13-12(22-14(21)15-13)7-10-5-6-11(20-10)8-1-3-9(4-2-8)16(18)19/h1-5,7,11H,6H2,(H-,15,17,18,19,21)/p+1/b12-7+. The first-order chi connectivity index (χ1) is 10.5. The molecule has 0 saturated carbocycles. The minimum absolute atomic E-state index is 0.157. The zero-order valence-electron chi connectivity index (χ0n) is 11.2. The molecule has 0 aromatic heterocycles. The Hall–Kier alpha value is -2.19. The molecule has 6 nitrogen and oxygen atoms in total. The van der Waals surface area contributed by atoms with Gasteiger partial charge >= 0.3 is 5.69 Å². The van der Waals surface area contributed by atoms with Crippen molar-refractivity contribution < 1.29 is 19.7 Å². The number of thioether (sulfide) groups is 1. The fraction of sp³-hybridized carbons (Fsp3) is 0.143. The molecule has 1 aromatic carbocycles. The first-order valence-corrected chi connectivity index (χ1v) is 7.63. The Morgan fingerprint density at radius 3 is 2.73 bits per heavy atom. The van der Waals surface area contributed by atoms with Crippen molar-refractivity contribution in [3.05, 3.63) is 57.6 Å². The number of benzene rings is 1. The molecule has 112 valence electrons. The lowest BCUT2D eigenvalue weighted by Gasteiger charge is -2.12. The van der Waals surface area contributed by atoms with E-state index in [0.717, 1.165) is 5.56 Å². The second kappa shape index (κ2) is 5.90. The van der Waals surface area contributed by atoms with Crippen molar-refractivity contribution in [3.8, 4) is 0 Å². The maximum Gasteiger partial charge on any atom is 0.316 e. The van der Waals surface area contributed by atoms with Gasteiger partial charge in [0.1, 0.15) is 16.2 Å². The van der Waals surface area contributed by atoms with E-state index in [0.29, 0.717) is 21.4 Å². The molecule has 1 atom stereocenters. The molecule has 2 heterocycles. The van der Waals surface area contributed by atoms with E-state index in [1.807, 2.05) is 6.08 Å². The minimum Gasteiger partial charge on any atom is -0.486 e. The topological polar surface area (TPSA) is 78.6 Å². The van der Waals surface area contributed by atoms with E-state index in [4.69, 9.17) is 22.2 Å². The zero-order chi connectivity index (χ0) is 15.7. The Balaban J connectivity index is 1.69. The fourth-order valence-corrected chi connectivity index (χ4v) is 3.17. The summed E-state index contributed by atoms with van der Waals surface area (Å²) in [6.45, 7) is 0. The number of allylic oxidation sites excluding steroid dienone is 1. The summed E-state index contributed by atoms with van der Waals surface area (Å²) in [4.78, 5) is 22.7. The number of nitrogens with one attached hydrogen (secondary N) is 1. The fourth-order valence-electron chi connectivity index (χ4n) is 2.15. The molecule has 0 spiro atoms. The number of thiocarbonyl (C=S) groups is 1. The number of carbonyl (C=O) groups is 1. The van der Waals surface area contributed by atoms with Crippen LogP contribution in [0.3, 0.4) is 0 Å². The summed E-state index contributed by atoms with van der Waals surface area (Å²) in [5.74, 6) is 0.398. The van der Waals surface area contributed by atoms with Crippen LogP contribution in [0.5, 0.6) is 0 Å². The predicted molar refractivity (Wildman–Crippen MR) is 84.5 cm³/mol. The van der Waals surface area contributed by atoms with E-state index in [1.165, 1.54) is 23.9 Å². The molecule has 22 heavy (non-hydrogen) atoms. The first kappa shape index (κ1) is 14.7. The van der Waals surface area contributed by atoms with Gasteiger partial charge in [0.05, 0.1) is 9.81 Å². The molecule has 2 aliphatic rings. The van der Waals surface area contributed by atoms with Crippen molar-refractivity contribution in [2.24, 2.45) is 0 Å².